The number of rotatable bonds is 2. The Labute approximate surface area is 124 Å². The highest BCUT2D eigenvalue weighted by atomic mass is 35.5. The van der Waals surface area contributed by atoms with E-state index in [9.17, 15) is 4.79 Å². The fourth-order valence-corrected chi connectivity index (χ4v) is 2.48. The Kier molecular flexibility index (Phi) is 4.60. The zero-order valence-electron chi connectivity index (χ0n) is 12.2. The van der Waals surface area contributed by atoms with E-state index in [0.29, 0.717) is 10.8 Å². The van der Waals surface area contributed by atoms with Crippen LogP contribution in [0.1, 0.15) is 44.1 Å². The van der Waals surface area contributed by atoms with Crippen LogP contribution in [0, 0.1) is 0 Å². The van der Waals surface area contributed by atoms with Crippen molar-refractivity contribution in [2.45, 2.75) is 45.2 Å². The minimum atomic E-state index is -0.177. The lowest BCUT2D eigenvalue weighted by molar-refractivity contribution is 0.0809. The van der Waals surface area contributed by atoms with Crippen molar-refractivity contribution in [1.82, 2.24) is 20.2 Å². The molecule has 0 saturated carbocycles. The van der Waals surface area contributed by atoms with Gasteiger partial charge in [-0.3, -0.25) is 9.69 Å². The molecule has 1 fully saturated rings. The summed E-state index contributed by atoms with van der Waals surface area (Å²) in [4.78, 5) is 22.3. The topological polar surface area (TPSA) is 58.1 Å². The third-order valence-electron chi connectivity index (χ3n) is 3.63. The second kappa shape index (κ2) is 6.06. The molecule has 0 aliphatic carbocycles. The molecule has 2 heterocycles. The maximum atomic E-state index is 12.0. The van der Waals surface area contributed by atoms with Gasteiger partial charge in [-0.25, -0.2) is 9.97 Å². The summed E-state index contributed by atoms with van der Waals surface area (Å²) in [5, 5.41) is 3.31. The third kappa shape index (κ3) is 3.90. The van der Waals surface area contributed by atoms with E-state index >= 15 is 0 Å². The quantitative estimate of drug-likeness (QED) is 0.908. The minimum Gasteiger partial charge on any atom is -0.348 e. The van der Waals surface area contributed by atoms with E-state index in [2.05, 4.69) is 41.0 Å². The van der Waals surface area contributed by atoms with E-state index in [1.807, 2.05) is 0 Å². The lowest BCUT2D eigenvalue weighted by Gasteiger charge is -2.40. The van der Waals surface area contributed by atoms with Gasteiger partial charge in [-0.05, 0) is 33.6 Å². The highest BCUT2D eigenvalue weighted by molar-refractivity contribution is 6.29. The van der Waals surface area contributed by atoms with Crippen molar-refractivity contribution in [3.05, 3.63) is 23.2 Å². The lowest BCUT2D eigenvalue weighted by atomic mass is 9.98. The molecule has 1 saturated heterocycles. The summed E-state index contributed by atoms with van der Waals surface area (Å²) in [6.45, 7) is 8.65. The largest absolute Gasteiger partial charge is 0.348 e. The molecule has 1 aromatic rings. The number of carbonyl (C=O) groups excluding carboxylic acids is 1. The zero-order valence-corrected chi connectivity index (χ0v) is 12.9. The first-order chi connectivity index (χ1) is 9.36. The molecular weight excluding hydrogens is 276 g/mol. The summed E-state index contributed by atoms with van der Waals surface area (Å²) < 4.78 is 0. The number of nitrogens with zero attached hydrogens (tertiary/aromatic N) is 3. The van der Waals surface area contributed by atoms with Crippen LogP contribution in [0.4, 0.5) is 0 Å². The molecule has 0 unspecified atom stereocenters. The van der Waals surface area contributed by atoms with Gasteiger partial charge in [0.2, 0.25) is 0 Å². The van der Waals surface area contributed by atoms with Crippen LogP contribution in [-0.2, 0) is 0 Å². The molecule has 2 rings (SSSR count). The molecule has 1 aliphatic heterocycles. The Morgan fingerprint density at radius 3 is 2.45 bits per heavy atom. The molecular formula is C14H21ClN4O. The molecule has 110 valence electrons. The molecule has 1 amide bonds. The molecule has 20 heavy (non-hydrogen) atoms. The van der Waals surface area contributed by atoms with Crippen molar-refractivity contribution in [3.63, 3.8) is 0 Å². The average molecular weight is 297 g/mol. The average Bonchev–Trinajstić information content (AvgIpc) is 2.39. The van der Waals surface area contributed by atoms with Gasteiger partial charge in [0.05, 0.1) is 12.4 Å². The fraction of sp³-hybridized carbons (Fsp3) is 0.643. The molecule has 1 aromatic heterocycles. The zero-order chi connectivity index (χ0) is 14.8. The van der Waals surface area contributed by atoms with Crippen LogP contribution in [0.25, 0.3) is 0 Å². The maximum Gasteiger partial charge on any atom is 0.271 e. The van der Waals surface area contributed by atoms with Gasteiger partial charge in [-0.2, -0.15) is 0 Å². The van der Waals surface area contributed by atoms with Crippen LogP contribution in [0.15, 0.2) is 12.4 Å². The Balaban J connectivity index is 1.86. The van der Waals surface area contributed by atoms with Crippen molar-refractivity contribution >= 4 is 17.5 Å². The molecule has 0 atom stereocenters. The summed E-state index contributed by atoms with van der Waals surface area (Å²) in [6.07, 6.45) is 4.72. The number of halogens is 1. The summed E-state index contributed by atoms with van der Waals surface area (Å²) in [6, 6.07) is 0.207. The number of amides is 1. The normalized spacial score (nSPS) is 18.0. The highest BCUT2D eigenvalue weighted by Crippen LogP contribution is 2.20. The first kappa shape index (κ1) is 15.2. The Morgan fingerprint density at radius 1 is 1.30 bits per heavy atom. The molecule has 1 aliphatic rings. The third-order valence-corrected chi connectivity index (χ3v) is 3.83. The Morgan fingerprint density at radius 2 is 1.95 bits per heavy atom. The van der Waals surface area contributed by atoms with Crippen LogP contribution in [0.5, 0.6) is 0 Å². The number of aromatic nitrogens is 2. The van der Waals surface area contributed by atoms with Gasteiger partial charge in [0.15, 0.2) is 0 Å². The number of piperidine rings is 1. The number of hydrogen-bond donors (Lipinski definition) is 1. The summed E-state index contributed by atoms with van der Waals surface area (Å²) in [5.41, 5.74) is 0.504. The van der Waals surface area contributed by atoms with E-state index < -0.39 is 0 Å². The molecule has 0 radical (unpaired) electrons. The first-order valence-corrected chi connectivity index (χ1v) is 7.27. The predicted octanol–water partition coefficient (Wildman–Crippen LogP) is 2.12. The van der Waals surface area contributed by atoms with Gasteiger partial charge >= 0.3 is 0 Å². The Hall–Kier alpha value is -1.20. The second-order valence-electron chi connectivity index (χ2n) is 6.13. The highest BCUT2D eigenvalue weighted by Gasteiger charge is 2.27. The SMILES string of the molecule is CC(C)(C)N1CCC(NC(=O)c2cnc(Cl)cn2)CC1. The van der Waals surface area contributed by atoms with Gasteiger partial charge in [0, 0.05) is 24.7 Å². The summed E-state index contributed by atoms with van der Waals surface area (Å²) in [7, 11) is 0. The molecule has 0 aromatic carbocycles. The van der Waals surface area contributed by atoms with Crippen LogP contribution in [0.2, 0.25) is 5.15 Å². The van der Waals surface area contributed by atoms with E-state index in [1.165, 1.54) is 12.4 Å². The van der Waals surface area contributed by atoms with Crippen molar-refractivity contribution in [2.24, 2.45) is 0 Å². The van der Waals surface area contributed by atoms with E-state index in [1.54, 1.807) is 0 Å². The first-order valence-electron chi connectivity index (χ1n) is 6.90. The molecule has 0 spiro atoms. The van der Waals surface area contributed by atoms with E-state index in [-0.39, 0.29) is 17.5 Å². The van der Waals surface area contributed by atoms with Crippen molar-refractivity contribution < 1.29 is 4.79 Å². The standard InChI is InChI=1S/C14H21ClN4O/c1-14(2,3)19-6-4-10(5-7-19)18-13(20)11-8-17-12(15)9-16-11/h8-10H,4-7H2,1-3H3,(H,18,20). The van der Waals surface area contributed by atoms with Crippen LogP contribution in [0.3, 0.4) is 0 Å². The van der Waals surface area contributed by atoms with Crippen molar-refractivity contribution in [2.75, 3.05) is 13.1 Å². The lowest BCUT2D eigenvalue weighted by Crippen LogP contribution is -2.50. The van der Waals surface area contributed by atoms with Gasteiger partial charge in [-0.15, -0.1) is 0 Å². The monoisotopic (exact) mass is 296 g/mol. The number of nitrogens with one attached hydrogen (secondary N) is 1. The fourth-order valence-electron chi connectivity index (χ4n) is 2.38. The number of hydrogen-bond acceptors (Lipinski definition) is 4. The van der Waals surface area contributed by atoms with E-state index in [0.717, 1.165) is 25.9 Å². The van der Waals surface area contributed by atoms with Gasteiger partial charge in [0.25, 0.3) is 5.91 Å². The van der Waals surface area contributed by atoms with Crippen LogP contribution < -0.4 is 5.32 Å². The van der Waals surface area contributed by atoms with Gasteiger partial charge < -0.3 is 5.32 Å². The van der Waals surface area contributed by atoms with Gasteiger partial charge in [0.1, 0.15) is 10.8 Å². The summed E-state index contributed by atoms with van der Waals surface area (Å²) in [5.74, 6) is -0.177. The molecule has 5 nitrogen and oxygen atoms in total. The summed E-state index contributed by atoms with van der Waals surface area (Å²) >= 11 is 5.66. The van der Waals surface area contributed by atoms with Crippen molar-refractivity contribution in [3.8, 4) is 0 Å². The second-order valence-corrected chi connectivity index (χ2v) is 6.52. The Bertz CT molecular complexity index is 461. The predicted molar refractivity (Wildman–Crippen MR) is 78.9 cm³/mol. The van der Waals surface area contributed by atoms with Gasteiger partial charge in [-0.1, -0.05) is 11.6 Å². The van der Waals surface area contributed by atoms with Crippen LogP contribution in [-0.4, -0.2) is 45.4 Å². The molecule has 1 N–H and O–H groups in total. The van der Waals surface area contributed by atoms with Crippen LogP contribution >= 0.6 is 11.6 Å². The van der Waals surface area contributed by atoms with Crippen molar-refractivity contribution in [1.29, 1.82) is 0 Å². The molecule has 6 heteroatoms. The number of carbonyl (C=O) groups is 1. The van der Waals surface area contributed by atoms with E-state index in [4.69, 9.17) is 11.6 Å². The minimum absolute atomic E-state index is 0.177. The molecule has 0 bridgehead atoms. The number of likely N-dealkylation sites (tertiary alicyclic amines) is 1. The smallest absolute Gasteiger partial charge is 0.271 e. The maximum absolute atomic E-state index is 12.0.